The van der Waals surface area contributed by atoms with E-state index < -0.39 is 11.5 Å². The number of pyridine rings is 1. The average Bonchev–Trinajstić information content (AvgIpc) is 2.33. The van der Waals surface area contributed by atoms with Gasteiger partial charge >= 0.3 is 5.97 Å². The van der Waals surface area contributed by atoms with E-state index in [-0.39, 0.29) is 0 Å². The predicted octanol–water partition coefficient (Wildman–Crippen LogP) is 3.02. The number of carbonyl (C=O) groups is 1. The van der Waals surface area contributed by atoms with E-state index in [1.165, 1.54) is 5.56 Å². The van der Waals surface area contributed by atoms with Crippen LogP contribution < -0.4 is 5.32 Å². The van der Waals surface area contributed by atoms with Crippen LogP contribution in [-0.4, -0.2) is 33.9 Å². The molecule has 0 aliphatic heterocycles. The number of carboxylic acid groups (broad SMARTS) is 1. The molecule has 0 radical (unpaired) electrons. The van der Waals surface area contributed by atoms with Crippen LogP contribution in [-0.2, 0) is 4.79 Å². The summed E-state index contributed by atoms with van der Waals surface area (Å²) >= 11 is 1.69. The first-order valence-corrected chi connectivity index (χ1v) is 7.92. The van der Waals surface area contributed by atoms with Crippen molar-refractivity contribution in [2.45, 2.75) is 51.1 Å². The first kappa shape index (κ1) is 17.0. The molecule has 0 fully saturated rings. The van der Waals surface area contributed by atoms with Crippen LogP contribution in [0, 0.1) is 13.8 Å². The van der Waals surface area contributed by atoms with Crippen LogP contribution in [0.1, 0.15) is 37.9 Å². The minimum absolute atomic E-state index is 0.619. The van der Waals surface area contributed by atoms with E-state index in [4.69, 9.17) is 0 Å². The highest BCUT2D eigenvalue weighted by Crippen LogP contribution is 2.21. The predicted molar refractivity (Wildman–Crippen MR) is 83.4 cm³/mol. The number of aliphatic carboxylic acids is 1. The number of aryl methyl sites for hydroxylation is 2. The SMILES string of the molecule is CCNC(C)(CCCSc1cc(C)cc(C)n1)C(=O)O. The Kier molecular flexibility index (Phi) is 6.49. The Morgan fingerprint density at radius 3 is 2.70 bits per heavy atom. The summed E-state index contributed by atoms with van der Waals surface area (Å²) in [4.78, 5) is 15.8. The molecule has 1 rings (SSSR count). The van der Waals surface area contributed by atoms with Crippen LogP contribution in [0.3, 0.4) is 0 Å². The van der Waals surface area contributed by atoms with Crippen molar-refractivity contribution in [3.05, 3.63) is 23.4 Å². The van der Waals surface area contributed by atoms with Crippen LogP contribution in [0.2, 0.25) is 0 Å². The van der Waals surface area contributed by atoms with E-state index >= 15 is 0 Å². The zero-order valence-electron chi connectivity index (χ0n) is 12.7. The van der Waals surface area contributed by atoms with Gasteiger partial charge in [0.15, 0.2) is 0 Å². The van der Waals surface area contributed by atoms with Gasteiger partial charge in [-0.15, -0.1) is 11.8 Å². The average molecular weight is 296 g/mol. The molecule has 112 valence electrons. The summed E-state index contributed by atoms with van der Waals surface area (Å²) in [6.45, 7) is 8.39. The molecule has 1 atom stereocenters. The summed E-state index contributed by atoms with van der Waals surface area (Å²) < 4.78 is 0. The summed E-state index contributed by atoms with van der Waals surface area (Å²) in [5.41, 5.74) is 1.41. The summed E-state index contributed by atoms with van der Waals surface area (Å²) in [5.74, 6) is 0.0957. The lowest BCUT2D eigenvalue weighted by Crippen LogP contribution is -2.49. The summed E-state index contributed by atoms with van der Waals surface area (Å²) in [5, 5.41) is 13.3. The van der Waals surface area contributed by atoms with Crippen molar-refractivity contribution in [2.24, 2.45) is 0 Å². The van der Waals surface area contributed by atoms with Gasteiger partial charge in [0.2, 0.25) is 0 Å². The molecular formula is C15H24N2O2S. The molecule has 5 heteroatoms. The number of thioether (sulfide) groups is 1. The van der Waals surface area contributed by atoms with Gasteiger partial charge in [0.1, 0.15) is 5.54 Å². The highest BCUT2D eigenvalue weighted by Gasteiger charge is 2.31. The molecule has 4 nitrogen and oxygen atoms in total. The maximum atomic E-state index is 11.3. The molecule has 0 aliphatic rings. The number of rotatable bonds is 8. The number of hydrogen-bond donors (Lipinski definition) is 2. The Bertz CT molecular complexity index is 445. The molecule has 1 aromatic rings. The van der Waals surface area contributed by atoms with Crippen LogP contribution in [0.5, 0.6) is 0 Å². The molecule has 0 saturated carbocycles. The van der Waals surface area contributed by atoms with Gasteiger partial charge in [0.05, 0.1) is 5.03 Å². The number of hydrogen-bond acceptors (Lipinski definition) is 4. The number of aromatic nitrogens is 1. The molecular weight excluding hydrogens is 272 g/mol. The molecule has 1 aromatic heterocycles. The van der Waals surface area contributed by atoms with Crippen LogP contribution in [0.25, 0.3) is 0 Å². The largest absolute Gasteiger partial charge is 0.480 e. The Balaban J connectivity index is 2.46. The number of carboxylic acids is 1. The second kappa shape index (κ2) is 7.64. The highest BCUT2D eigenvalue weighted by molar-refractivity contribution is 7.99. The van der Waals surface area contributed by atoms with E-state index in [0.717, 1.165) is 22.9 Å². The lowest BCUT2D eigenvalue weighted by Gasteiger charge is -2.25. The third-order valence-electron chi connectivity index (χ3n) is 3.18. The maximum Gasteiger partial charge on any atom is 0.323 e. The molecule has 0 aliphatic carbocycles. The topological polar surface area (TPSA) is 62.2 Å². The van der Waals surface area contributed by atoms with E-state index in [1.807, 2.05) is 13.8 Å². The van der Waals surface area contributed by atoms with E-state index in [2.05, 4.69) is 29.4 Å². The summed E-state index contributed by atoms with van der Waals surface area (Å²) in [7, 11) is 0. The standard InChI is InChI=1S/C15H24N2O2S/c1-5-16-15(4,14(18)19)7-6-8-20-13-10-11(2)9-12(3)17-13/h9-10,16H,5-8H2,1-4H3,(H,18,19). The molecule has 0 aromatic carbocycles. The van der Waals surface area contributed by atoms with Gasteiger partial charge in [-0.2, -0.15) is 0 Å². The minimum atomic E-state index is -0.828. The van der Waals surface area contributed by atoms with Gasteiger partial charge in [-0.05, 0) is 63.6 Å². The third kappa shape index (κ3) is 5.13. The first-order valence-electron chi connectivity index (χ1n) is 6.94. The lowest BCUT2D eigenvalue weighted by molar-refractivity contribution is -0.144. The first-order chi connectivity index (χ1) is 9.37. The van der Waals surface area contributed by atoms with Crippen LogP contribution in [0.15, 0.2) is 17.2 Å². The van der Waals surface area contributed by atoms with E-state index in [0.29, 0.717) is 13.0 Å². The second-order valence-corrected chi connectivity index (χ2v) is 6.36. The van der Waals surface area contributed by atoms with Crippen molar-refractivity contribution in [1.82, 2.24) is 10.3 Å². The van der Waals surface area contributed by atoms with Crippen LogP contribution in [0.4, 0.5) is 0 Å². The maximum absolute atomic E-state index is 11.3. The van der Waals surface area contributed by atoms with Gasteiger partial charge in [-0.3, -0.25) is 4.79 Å². The smallest absolute Gasteiger partial charge is 0.323 e. The molecule has 2 N–H and O–H groups in total. The molecule has 0 spiro atoms. The van der Waals surface area contributed by atoms with Crippen molar-refractivity contribution in [3.8, 4) is 0 Å². The van der Waals surface area contributed by atoms with Gasteiger partial charge in [0, 0.05) is 5.69 Å². The van der Waals surface area contributed by atoms with Crippen molar-refractivity contribution in [3.63, 3.8) is 0 Å². The minimum Gasteiger partial charge on any atom is -0.480 e. The highest BCUT2D eigenvalue weighted by atomic mass is 32.2. The normalized spacial score (nSPS) is 14.0. The fourth-order valence-electron chi connectivity index (χ4n) is 2.14. The number of likely N-dealkylation sites (N-methyl/N-ethyl adjacent to an activating group) is 1. The molecule has 0 saturated heterocycles. The Morgan fingerprint density at radius 2 is 2.15 bits per heavy atom. The zero-order valence-corrected chi connectivity index (χ0v) is 13.5. The van der Waals surface area contributed by atoms with Gasteiger partial charge < -0.3 is 10.4 Å². The van der Waals surface area contributed by atoms with Gasteiger partial charge in [0.25, 0.3) is 0 Å². The van der Waals surface area contributed by atoms with Crippen molar-refractivity contribution in [1.29, 1.82) is 0 Å². The van der Waals surface area contributed by atoms with Gasteiger partial charge in [-0.1, -0.05) is 6.92 Å². The van der Waals surface area contributed by atoms with E-state index in [9.17, 15) is 9.90 Å². The summed E-state index contributed by atoms with van der Waals surface area (Å²) in [6.07, 6.45) is 1.46. The number of nitrogens with one attached hydrogen (secondary N) is 1. The summed E-state index contributed by atoms with van der Waals surface area (Å²) in [6, 6.07) is 4.12. The lowest BCUT2D eigenvalue weighted by atomic mass is 9.96. The van der Waals surface area contributed by atoms with Crippen molar-refractivity contribution >= 4 is 17.7 Å². The molecule has 1 heterocycles. The monoisotopic (exact) mass is 296 g/mol. The van der Waals surface area contributed by atoms with Crippen LogP contribution >= 0.6 is 11.8 Å². The molecule has 1 unspecified atom stereocenters. The zero-order chi connectivity index (χ0) is 15.2. The Hall–Kier alpha value is -1.07. The molecule has 0 bridgehead atoms. The second-order valence-electron chi connectivity index (χ2n) is 5.24. The quantitative estimate of drug-likeness (QED) is 0.570. The van der Waals surface area contributed by atoms with E-state index in [1.54, 1.807) is 18.7 Å². The Morgan fingerprint density at radius 1 is 1.45 bits per heavy atom. The van der Waals surface area contributed by atoms with Crippen molar-refractivity contribution < 1.29 is 9.90 Å². The van der Waals surface area contributed by atoms with Crippen molar-refractivity contribution in [2.75, 3.05) is 12.3 Å². The number of nitrogens with zero attached hydrogens (tertiary/aromatic N) is 1. The Labute approximate surface area is 125 Å². The molecule has 0 amide bonds. The fraction of sp³-hybridized carbons (Fsp3) is 0.600. The third-order valence-corrected chi connectivity index (χ3v) is 4.18. The van der Waals surface area contributed by atoms with Gasteiger partial charge in [-0.25, -0.2) is 4.98 Å². The fourth-order valence-corrected chi connectivity index (χ4v) is 3.12. The molecule has 20 heavy (non-hydrogen) atoms.